The molecule has 3 heterocycles. The van der Waals surface area contributed by atoms with Gasteiger partial charge in [-0.1, -0.05) is 0 Å². The number of nitrogens with one attached hydrogen (secondary N) is 1. The summed E-state index contributed by atoms with van der Waals surface area (Å²) in [4.78, 5) is 19.5. The van der Waals surface area contributed by atoms with Crippen LogP contribution < -0.4 is 5.32 Å². The highest BCUT2D eigenvalue weighted by molar-refractivity contribution is 7.09. The average molecular weight is 293 g/mol. The maximum Gasteiger partial charge on any atom is 0.155 e. The molecule has 0 aliphatic carbocycles. The molecule has 2 aliphatic rings. The van der Waals surface area contributed by atoms with Gasteiger partial charge >= 0.3 is 0 Å². The second kappa shape index (κ2) is 6.33. The second-order valence-corrected chi connectivity index (χ2v) is 6.94. The van der Waals surface area contributed by atoms with Gasteiger partial charge in [0.15, 0.2) is 5.78 Å². The maximum atomic E-state index is 12.6. The van der Waals surface area contributed by atoms with E-state index in [4.69, 9.17) is 0 Å². The number of nitrogens with zero attached hydrogens (tertiary/aromatic N) is 2. The third-order valence-electron chi connectivity index (χ3n) is 4.47. The maximum absolute atomic E-state index is 12.6. The van der Waals surface area contributed by atoms with Gasteiger partial charge in [-0.05, 0) is 52.2 Å². The zero-order valence-corrected chi connectivity index (χ0v) is 12.9. The van der Waals surface area contributed by atoms with E-state index in [1.165, 1.54) is 12.8 Å². The molecule has 1 aromatic rings. The zero-order valence-electron chi connectivity index (χ0n) is 12.1. The molecule has 0 amide bonds. The van der Waals surface area contributed by atoms with E-state index < -0.39 is 0 Å². The zero-order chi connectivity index (χ0) is 13.9. The molecule has 20 heavy (non-hydrogen) atoms. The number of likely N-dealkylation sites (tertiary alicyclic amines) is 1. The number of rotatable bonds is 4. The molecule has 1 aromatic heterocycles. The van der Waals surface area contributed by atoms with Crippen molar-refractivity contribution in [3.8, 4) is 0 Å². The highest BCUT2D eigenvalue weighted by Gasteiger charge is 2.35. The summed E-state index contributed by atoms with van der Waals surface area (Å²) in [7, 11) is 0. The molecule has 110 valence electrons. The number of aromatic nitrogens is 1. The molecule has 0 spiro atoms. The third kappa shape index (κ3) is 3.10. The van der Waals surface area contributed by atoms with Crippen molar-refractivity contribution in [3.05, 3.63) is 16.1 Å². The molecule has 1 atom stereocenters. The van der Waals surface area contributed by atoms with E-state index in [0.717, 1.165) is 43.2 Å². The van der Waals surface area contributed by atoms with Crippen molar-refractivity contribution in [1.29, 1.82) is 0 Å². The van der Waals surface area contributed by atoms with Crippen molar-refractivity contribution < 1.29 is 4.79 Å². The second-order valence-electron chi connectivity index (χ2n) is 5.88. The van der Waals surface area contributed by atoms with Crippen molar-refractivity contribution in [2.24, 2.45) is 0 Å². The van der Waals surface area contributed by atoms with Crippen molar-refractivity contribution in [3.63, 3.8) is 0 Å². The Labute approximate surface area is 124 Å². The lowest BCUT2D eigenvalue weighted by atomic mass is 10.0. The Morgan fingerprint density at radius 3 is 2.95 bits per heavy atom. The molecule has 3 rings (SSSR count). The normalized spacial score (nSPS) is 25.1. The summed E-state index contributed by atoms with van der Waals surface area (Å²) in [5.41, 5.74) is 0.953. The molecule has 5 heteroatoms. The molecular formula is C15H23N3OS. The van der Waals surface area contributed by atoms with Gasteiger partial charge < -0.3 is 5.32 Å². The molecule has 4 nitrogen and oxygen atoms in total. The van der Waals surface area contributed by atoms with Crippen molar-refractivity contribution in [1.82, 2.24) is 15.2 Å². The number of carbonyl (C=O) groups is 1. The van der Waals surface area contributed by atoms with E-state index >= 15 is 0 Å². The fourth-order valence-corrected chi connectivity index (χ4v) is 4.11. The Morgan fingerprint density at radius 2 is 2.25 bits per heavy atom. The van der Waals surface area contributed by atoms with E-state index in [1.54, 1.807) is 11.3 Å². The minimum absolute atomic E-state index is 0.139. The number of Topliss-reactive ketones (excluding diaryl/α,β-unsaturated/α-hetero) is 1. The fraction of sp³-hybridized carbons (Fsp3) is 0.733. The van der Waals surface area contributed by atoms with Gasteiger partial charge in [0.1, 0.15) is 0 Å². The van der Waals surface area contributed by atoms with Gasteiger partial charge in [0.25, 0.3) is 0 Å². The standard InChI is InChI=1S/C15H23N3OS/c1-11-17-12(10-20-11)9-15(19)14-3-2-8-18(14)13-4-6-16-7-5-13/h10,13-14,16H,2-9H2,1H3. The summed E-state index contributed by atoms with van der Waals surface area (Å²) < 4.78 is 0. The number of carbonyl (C=O) groups excluding carboxylic acids is 1. The van der Waals surface area contributed by atoms with Gasteiger partial charge in [0.2, 0.25) is 0 Å². The molecule has 0 saturated carbocycles. The first kappa shape index (κ1) is 14.2. The first-order valence-corrected chi connectivity index (χ1v) is 8.52. The van der Waals surface area contributed by atoms with Crippen LogP contribution in [-0.4, -0.2) is 47.4 Å². The number of ketones is 1. The molecule has 2 saturated heterocycles. The highest BCUT2D eigenvalue weighted by atomic mass is 32.1. The lowest BCUT2D eigenvalue weighted by Crippen LogP contribution is -2.48. The van der Waals surface area contributed by atoms with E-state index in [2.05, 4.69) is 15.2 Å². The van der Waals surface area contributed by atoms with Crippen LogP contribution in [0.3, 0.4) is 0 Å². The Balaban J connectivity index is 1.63. The minimum atomic E-state index is 0.139. The largest absolute Gasteiger partial charge is 0.317 e. The van der Waals surface area contributed by atoms with E-state index in [9.17, 15) is 4.79 Å². The Morgan fingerprint density at radius 1 is 1.45 bits per heavy atom. The number of aryl methyl sites for hydroxylation is 1. The van der Waals surface area contributed by atoms with Gasteiger partial charge in [-0.25, -0.2) is 4.98 Å². The van der Waals surface area contributed by atoms with E-state index in [-0.39, 0.29) is 6.04 Å². The summed E-state index contributed by atoms with van der Waals surface area (Å²) in [5, 5.41) is 6.48. The summed E-state index contributed by atoms with van der Waals surface area (Å²) in [5.74, 6) is 0.367. The first-order valence-electron chi connectivity index (χ1n) is 7.64. The van der Waals surface area contributed by atoms with Gasteiger partial charge in [-0.15, -0.1) is 11.3 Å². The minimum Gasteiger partial charge on any atom is -0.317 e. The van der Waals surface area contributed by atoms with E-state index in [1.807, 2.05) is 12.3 Å². The number of thiazole rings is 1. The van der Waals surface area contributed by atoms with Crippen LogP contribution in [0.1, 0.15) is 36.4 Å². The monoisotopic (exact) mass is 293 g/mol. The molecule has 0 aromatic carbocycles. The molecule has 2 aliphatic heterocycles. The van der Waals surface area contributed by atoms with Gasteiger partial charge in [-0.2, -0.15) is 0 Å². The van der Waals surface area contributed by atoms with E-state index in [0.29, 0.717) is 18.2 Å². The molecule has 1 N–H and O–H groups in total. The average Bonchev–Trinajstić information content (AvgIpc) is 3.09. The van der Waals surface area contributed by atoms with Crippen LogP contribution in [0, 0.1) is 6.92 Å². The van der Waals surface area contributed by atoms with Crippen molar-refractivity contribution in [2.75, 3.05) is 19.6 Å². The van der Waals surface area contributed by atoms with Crippen LogP contribution in [-0.2, 0) is 11.2 Å². The predicted molar refractivity (Wildman–Crippen MR) is 81.2 cm³/mol. The Hall–Kier alpha value is -0.780. The Bertz CT molecular complexity index is 467. The predicted octanol–water partition coefficient (Wildman–Crippen LogP) is 1.78. The van der Waals surface area contributed by atoms with Crippen molar-refractivity contribution >= 4 is 17.1 Å². The van der Waals surface area contributed by atoms with Crippen LogP contribution in [0.4, 0.5) is 0 Å². The van der Waals surface area contributed by atoms with Crippen LogP contribution >= 0.6 is 11.3 Å². The quantitative estimate of drug-likeness (QED) is 0.919. The number of hydrogen-bond acceptors (Lipinski definition) is 5. The van der Waals surface area contributed by atoms with Gasteiger partial charge in [0, 0.05) is 11.4 Å². The summed E-state index contributed by atoms with van der Waals surface area (Å²) in [6.07, 6.45) is 5.07. The summed E-state index contributed by atoms with van der Waals surface area (Å²) in [6, 6.07) is 0.741. The smallest absolute Gasteiger partial charge is 0.155 e. The lowest BCUT2D eigenvalue weighted by Gasteiger charge is -2.35. The van der Waals surface area contributed by atoms with Crippen molar-refractivity contribution in [2.45, 2.75) is 51.1 Å². The van der Waals surface area contributed by atoms with Crippen LogP contribution in [0.25, 0.3) is 0 Å². The summed E-state index contributed by atoms with van der Waals surface area (Å²) >= 11 is 1.63. The third-order valence-corrected chi connectivity index (χ3v) is 5.29. The van der Waals surface area contributed by atoms with Crippen LogP contribution in [0.2, 0.25) is 0 Å². The topological polar surface area (TPSA) is 45.2 Å². The molecule has 0 bridgehead atoms. The number of piperidine rings is 1. The highest BCUT2D eigenvalue weighted by Crippen LogP contribution is 2.26. The number of hydrogen-bond donors (Lipinski definition) is 1. The summed E-state index contributed by atoms with van der Waals surface area (Å²) in [6.45, 7) is 5.27. The van der Waals surface area contributed by atoms with Crippen LogP contribution in [0.5, 0.6) is 0 Å². The van der Waals surface area contributed by atoms with Gasteiger partial charge in [0.05, 0.1) is 23.2 Å². The first-order chi connectivity index (χ1) is 9.74. The SMILES string of the molecule is Cc1nc(CC(=O)C2CCCN2C2CCNCC2)cs1. The fourth-order valence-electron chi connectivity index (χ4n) is 3.50. The van der Waals surface area contributed by atoms with Crippen LogP contribution in [0.15, 0.2) is 5.38 Å². The molecule has 2 fully saturated rings. The molecular weight excluding hydrogens is 270 g/mol. The lowest BCUT2D eigenvalue weighted by molar-refractivity contribution is -0.123. The molecule has 1 unspecified atom stereocenters. The Kier molecular flexibility index (Phi) is 4.48. The van der Waals surface area contributed by atoms with Gasteiger partial charge in [-0.3, -0.25) is 9.69 Å². The molecule has 0 radical (unpaired) electrons.